The Balaban J connectivity index is 1.57. The van der Waals surface area contributed by atoms with Gasteiger partial charge in [0.05, 0.1) is 7.11 Å². The number of benzene rings is 2. The van der Waals surface area contributed by atoms with Gasteiger partial charge in [0.25, 0.3) is 0 Å². The zero-order valence-electron chi connectivity index (χ0n) is 13.9. The quantitative estimate of drug-likeness (QED) is 0.652. The Morgan fingerprint density at radius 2 is 2.12 bits per heavy atom. The minimum Gasteiger partial charge on any atom is -0.496 e. The molecule has 0 aliphatic heterocycles. The number of ether oxygens (including phenoxy) is 1. The van der Waals surface area contributed by atoms with Crippen molar-refractivity contribution in [1.82, 2.24) is 10.3 Å². The Morgan fingerprint density at radius 1 is 1.28 bits per heavy atom. The summed E-state index contributed by atoms with van der Waals surface area (Å²) in [4.78, 5) is 15.2. The van der Waals surface area contributed by atoms with Gasteiger partial charge in [0.2, 0.25) is 5.91 Å². The zero-order chi connectivity index (χ0) is 17.6. The summed E-state index contributed by atoms with van der Waals surface area (Å²) >= 11 is 6.05. The first-order chi connectivity index (χ1) is 12.2. The lowest BCUT2D eigenvalue weighted by Crippen LogP contribution is -2.23. The van der Waals surface area contributed by atoms with Gasteiger partial charge in [0, 0.05) is 40.3 Å². The van der Waals surface area contributed by atoms with Gasteiger partial charge < -0.3 is 15.0 Å². The molecular formula is C20H19ClN2O2. The van der Waals surface area contributed by atoms with E-state index in [2.05, 4.69) is 10.3 Å². The predicted octanol–water partition coefficient (Wildman–Crippen LogP) is 4.20. The van der Waals surface area contributed by atoms with Gasteiger partial charge in [0.15, 0.2) is 0 Å². The molecular weight excluding hydrogens is 336 g/mol. The second-order valence-electron chi connectivity index (χ2n) is 5.62. The van der Waals surface area contributed by atoms with Crippen LogP contribution in [0.2, 0.25) is 5.02 Å². The van der Waals surface area contributed by atoms with E-state index in [0.717, 1.165) is 34.2 Å². The Labute approximate surface area is 151 Å². The van der Waals surface area contributed by atoms with Crippen molar-refractivity contribution in [3.05, 3.63) is 70.9 Å². The van der Waals surface area contributed by atoms with E-state index in [1.54, 1.807) is 13.2 Å². The fourth-order valence-electron chi connectivity index (χ4n) is 2.71. The molecule has 0 radical (unpaired) electrons. The van der Waals surface area contributed by atoms with Crippen molar-refractivity contribution < 1.29 is 9.53 Å². The number of rotatable bonds is 6. The molecule has 25 heavy (non-hydrogen) atoms. The molecule has 5 heteroatoms. The van der Waals surface area contributed by atoms with Gasteiger partial charge >= 0.3 is 0 Å². The number of hydrogen-bond donors (Lipinski definition) is 2. The largest absolute Gasteiger partial charge is 0.496 e. The van der Waals surface area contributed by atoms with Crippen LogP contribution in [0.4, 0.5) is 0 Å². The maximum atomic E-state index is 12.0. The Kier molecular flexibility index (Phi) is 5.41. The van der Waals surface area contributed by atoms with Gasteiger partial charge in [-0.05, 0) is 42.3 Å². The smallest absolute Gasteiger partial charge is 0.244 e. The van der Waals surface area contributed by atoms with Crippen molar-refractivity contribution in [3.63, 3.8) is 0 Å². The summed E-state index contributed by atoms with van der Waals surface area (Å²) in [6, 6.07) is 13.3. The van der Waals surface area contributed by atoms with Crippen molar-refractivity contribution in [2.24, 2.45) is 0 Å². The van der Waals surface area contributed by atoms with Crippen molar-refractivity contribution in [1.29, 1.82) is 0 Å². The van der Waals surface area contributed by atoms with Crippen LogP contribution in [0.15, 0.2) is 54.7 Å². The number of para-hydroxylation sites is 1. The SMILES string of the molecule is COc1ccccc1C=CC(=O)NCCc1c[nH]c2ccc(Cl)cc12. The molecule has 128 valence electrons. The first-order valence-corrected chi connectivity index (χ1v) is 8.39. The van der Waals surface area contributed by atoms with Gasteiger partial charge in [-0.2, -0.15) is 0 Å². The van der Waals surface area contributed by atoms with Crippen molar-refractivity contribution in [2.75, 3.05) is 13.7 Å². The van der Waals surface area contributed by atoms with E-state index >= 15 is 0 Å². The maximum Gasteiger partial charge on any atom is 0.244 e. The first kappa shape index (κ1) is 17.1. The molecule has 3 aromatic rings. The average Bonchev–Trinajstić information content (AvgIpc) is 3.02. The van der Waals surface area contributed by atoms with E-state index < -0.39 is 0 Å². The molecule has 4 nitrogen and oxygen atoms in total. The summed E-state index contributed by atoms with van der Waals surface area (Å²) in [5.41, 5.74) is 3.04. The molecule has 2 N–H and O–H groups in total. The molecule has 2 aromatic carbocycles. The van der Waals surface area contributed by atoms with Crippen LogP contribution in [0.3, 0.4) is 0 Å². The number of fused-ring (bicyclic) bond motifs is 1. The predicted molar refractivity (Wildman–Crippen MR) is 102 cm³/mol. The van der Waals surface area contributed by atoms with Crippen LogP contribution in [-0.2, 0) is 11.2 Å². The molecule has 1 heterocycles. The second kappa shape index (κ2) is 7.90. The standard InChI is InChI=1S/C20H19ClN2O2/c1-25-19-5-3-2-4-14(19)6-9-20(24)22-11-10-15-13-23-18-8-7-16(21)12-17(15)18/h2-9,12-13,23H,10-11H2,1H3,(H,22,24). The van der Waals surface area contributed by atoms with Crippen molar-refractivity contribution in [3.8, 4) is 5.75 Å². The molecule has 0 atom stereocenters. The number of aromatic nitrogens is 1. The van der Waals surface area contributed by atoms with E-state index in [0.29, 0.717) is 11.6 Å². The fourth-order valence-corrected chi connectivity index (χ4v) is 2.88. The molecule has 0 saturated heterocycles. The summed E-state index contributed by atoms with van der Waals surface area (Å²) in [7, 11) is 1.61. The zero-order valence-corrected chi connectivity index (χ0v) is 14.6. The van der Waals surface area contributed by atoms with E-state index in [-0.39, 0.29) is 5.91 Å². The third kappa shape index (κ3) is 4.22. The molecule has 0 aliphatic rings. The summed E-state index contributed by atoms with van der Waals surface area (Å²) in [5, 5.41) is 4.69. The van der Waals surface area contributed by atoms with Crippen LogP contribution < -0.4 is 10.1 Å². The minimum absolute atomic E-state index is 0.135. The second-order valence-corrected chi connectivity index (χ2v) is 6.06. The highest BCUT2D eigenvalue weighted by Gasteiger charge is 2.05. The van der Waals surface area contributed by atoms with E-state index in [1.807, 2.05) is 48.7 Å². The summed E-state index contributed by atoms with van der Waals surface area (Å²) < 4.78 is 5.26. The molecule has 0 unspecified atom stereocenters. The molecule has 1 amide bonds. The molecule has 0 aliphatic carbocycles. The molecule has 3 rings (SSSR count). The van der Waals surface area contributed by atoms with Gasteiger partial charge in [-0.25, -0.2) is 0 Å². The maximum absolute atomic E-state index is 12.0. The fraction of sp³-hybridized carbons (Fsp3) is 0.150. The Morgan fingerprint density at radius 3 is 2.96 bits per heavy atom. The van der Waals surface area contributed by atoms with Crippen LogP contribution >= 0.6 is 11.6 Å². The highest BCUT2D eigenvalue weighted by Crippen LogP contribution is 2.22. The summed E-state index contributed by atoms with van der Waals surface area (Å²) in [6.45, 7) is 0.550. The number of carbonyl (C=O) groups is 1. The molecule has 0 saturated carbocycles. The number of amides is 1. The third-order valence-corrected chi connectivity index (χ3v) is 4.21. The van der Waals surface area contributed by atoms with Gasteiger partial charge in [-0.15, -0.1) is 0 Å². The molecule has 0 spiro atoms. The highest BCUT2D eigenvalue weighted by atomic mass is 35.5. The van der Waals surface area contributed by atoms with Crippen molar-refractivity contribution >= 4 is 34.5 Å². The van der Waals surface area contributed by atoms with Crippen molar-refractivity contribution in [2.45, 2.75) is 6.42 Å². The number of H-pyrrole nitrogens is 1. The summed E-state index contributed by atoms with van der Waals surface area (Å²) in [6.07, 6.45) is 5.95. The summed E-state index contributed by atoms with van der Waals surface area (Å²) in [5.74, 6) is 0.603. The number of aromatic amines is 1. The number of halogens is 1. The van der Waals surface area contributed by atoms with Crippen LogP contribution in [0, 0.1) is 0 Å². The molecule has 1 aromatic heterocycles. The van der Waals surface area contributed by atoms with Gasteiger partial charge in [-0.1, -0.05) is 29.8 Å². The lowest BCUT2D eigenvalue weighted by atomic mass is 10.1. The number of hydrogen-bond acceptors (Lipinski definition) is 2. The topological polar surface area (TPSA) is 54.1 Å². The van der Waals surface area contributed by atoms with Crippen LogP contribution in [0.25, 0.3) is 17.0 Å². The number of nitrogens with one attached hydrogen (secondary N) is 2. The Bertz CT molecular complexity index is 915. The first-order valence-electron chi connectivity index (χ1n) is 8.02. The minimum atomic E-state index is -0.135. The molecule has 0 bridgehead atoms. The lowest BCUT2D eigenvalue weighted by Gasteiger charge is -2.04. The third-order valence-electron chi connectivity index (χ3n) is 3.98. The van der Waals surface area contributed by atoms with Gasteiger partial charge in [-0.3, -0.25) is 4.79 Å². The van der Waals surface area contributed by atoms with E-state index in [4.69, 9.17) is 16.3 Å². The van der Waals surface area contributed by atoms with Crippen LogP contribution in [0.5, 0.6) is 5.75 Å². The normalized spacial score (nSPS) is 11.1. The average molecular weight is 355 g/mol. The van der Waals surface area contributed by atoms with Crippen LogP contribution in [-0.4, -0.2) is 24.5 Å². The number of methoxy groups -OCH3 is 1. The number of carbonyl (C=O) groups excluding carboxylic acids is 1. The van der Waals surface area contributed by atoms with E-state index in [1.165, 1.54) is 6.08 Å². The monoisotopic (exact) mass is 354 g/mol. The highest BCUT2D eigenvalue weighted by molar-refractivity contribution is 6.31. The Hall–Kier alpha value is -2.72. The lowest BCUT2D eigenvalue weighted by molar-refractivity contribution is -0.116. The van der Waals surface area contributed by atoms with Gasteiger partial charge in [0.1, 0.15) is 5.75 Å². The van der Waals surface area contributed by atoms with E-state index in [9.17, 15) is 4.79 Å². The van der Waals surface area contributed by atoms with Crippen LogP contribution in [0.1, 0.15) is 11.1 Å². The molecule has 0 fully saturated rings.